The SMILES string of the molecule is Cn1cc(NC(=O)Cn2ccc3ccc(Cl)cc32)c(C(=O)O)n1. The van der Waals surface area contributed by atoms with Crippen molar-refractivity contribution in [3.63, 3.8) is 0 Å². The minimum absolute atomic E-state index is 0.0395. The number of amides is 1. The van der Waals surface area contributed by atoms with Crippen molar-refractivity contribution in [2.24, 2.45) is 7.05 Å². The quantitative estimate of drug-likeness (QED) is 0.767. The largest absolute Gasteiger partial charge is 0.476 e. The van der Waals surface area contributed by atoms with Crippen molar-refractivity contribution < 1.29 is 14.7 Å². The van der Waals surface area contributed by atoms with Gasteiger partial charge in [0.1, 0.15) is 6.54 Å². The molecule has 0 atom stereocenters. The molecule has 0 spiro atoms. The first-order valence-corrected chi connectivity index (χ1v) is 7.13. The van der Waals surface area contributed by atoms with E-state index in [1.165, 1.54) is 10.9 Å². The summed E-state index contributed by atoms with van der Waals surface area (Å²) in [6, 6.07) is 7.31. The van der Waals surface area contributed by atoms with Gasteiger partial charge in [0.15, 0.2) is 5.69 Å². The smallest absolute Gasteiger partial charge is 0.358 e. The number of nitrogens with zero attached hydrogens (tertiary/aromatic N) is 3. The number of carbonyl (C=O) groups is 2. The topological polar surface area (TPSA) is 89.2 Å². The standard InChI is InChI=1S/C15H13ClN4O3/c1-19-7-11(14(18-19)15(22)23)17-13(21)8-20-5-4-9-2-3-10(16)6-12(9)20/h2-7H,8H2,1H3,(H,17,21)(H,22,23). The summed E-state index contributed by atoms with van der Waals surface area (Å²) in [5.41, 5.74) is 0.804. The van der Waals surface area contributed by atoms with E-state index < -0.39 is 5.97 Å². The van der Waals surface area contributed by atoms with E-state index in [1.807, 2.05) is 12.1 Å². The summed E-state index contributed by atoms with van der Waals surface area (Å²) in [5, 5.41) is 17.0. The van der Waals surface area contributed by atoms with Gasteiger partial charge in [0.2, 0.25) is 5.91 Å². The van der Waals surface area contributed by atoms with Gasteiger partial charge in [0, 0.05) is 30.0 Å². The number of carboxylic acids is 1. The molecule has 7 nitrogen and oxygen atoms in total. The second-order valence-electron chi connectivity index (χ2n) is 5.07. The first-order valence-electron chi connectivity index (χ1n) is 6.75. The molecule has 23 heavy (non-hydrogen) atoms. The summed E-state index contributed by atoms with van der Waals surface area (Å²) in [6.45, 7) is 0.0395. The van der Waals surface area contributed by atoms with Gasteiger partial charge in [0.25, 0.3) is 0 Å². The van der Waals surface area contributed by atoms with Crippen LogP contribution < -0.4 is 5.32 Å². The Hall–Kier alpha value is -2.80. The predicted molar refractivity (Wildman–Crippen MR) is 85.7 cm³/mol. The highest BCUT2D eigenvalue weighted by molar-refractivity contribution is 6.31. The van der Waals surface area contributed by atoms with Crippen LogP contribution in [0.1, 0.15) is 10.5 Å². The van der Waals surface area contributed by atoms with Crippen LogP contribution in [0.4, 0.5) is 5.69 Å². The lowest BCUT2D eigenvalue weighted by Gasteiger charge is -2.06. The molecule has 0 aliphatic carbocycles. The zero-order chi connectivity index (χ0) is 16.6. The second-order valence-corrected chi connectivity index (χ2v) is 5.50. The first kappa shape index (κ1) is 15.1. The molecule has 3 aromatic rings. The maximum atomic E-state index is 12.2. The van der Waals surface area contributed by atoms with Gasteiger partial charge in [-0.3, -0.25) is 9.48 Å². The number of hydrogen-bond acceptors (Lipinski definition) is 3. The summed E-state index contributed by atoms with van der Waals surface area (Å²) in [5.74, 6) is -1.54. The number of halogens is 1. The summed E-state index contributed by atoms with van der Waals surface area (Å²) in [6.07, 6.45) is 3.23. The number of carboxylic acid groups (broad SMARTS) is 1. The Morgan fingerprint density at radius 1 is 1.35 bits per heavy atom. The fraction of sp³-hybridized carbons (Fsp3) is 0.133. The second kappa shape index (κ2) is 5.77. The number of aromatic carboxylic acids is 1. The predicted octanol–water partition coefficient (Wildman–Crippen LogP) is 2.37. The molecule has 8 heteroatoms. The lowest BCUT2D eigenvalue weighted by molar-refractivity contribution is -0.116. The van der Waals surface area contributed by atoms with E-state index in [2.05, 4.69) is 10.4 Å². The van der Waals surface area contributed by atoms with Crippen molar-refractivity contribution in [2.75, 3.05) is 5.32 Å². The van der Waals surface area contributed by atoms with E-state index in [9.17, 15) is 9.59 Å². The maximum absolute atomic E-state index is 12.2. The molecule has 0 aliphatic heterocycles. The molecule has 2 aromatic heterocycles. The van der Waals surface area contributed by atoms with E-state index in [0.29, 0.717) is 5.02 Å². The van der Waals surface area contributed by atoms with Crippen LogP contribution in [0.3, 0.4) is 0 Å². The van der Waals surface area contributed by atoms with Gasteiger partial charge < -0.3 is 15.0 Å². The Balaban J connectivity index is 1.82. The van der Waals surface area contributed by atoms with Gasteiger partial charge in [-0.25, -0.2) is 4.79 Å². The highest BCUT2D eigenvalue weighted by atomic mass is 35.5. The molecule has 1 aromatic carbocycles. The molecule has 0 bridgehead atoms. The number of nitrogens with one attached hydrogen (secondary N) is 1. The fourth-order valence-corrected chi connectivity index (χ4v) is 2.54. The molecule has 2 heterocycles. The summed E-state index contributed by atoms with van der Waals surface area (Å²) in [4.78, 5) is 23.3. The molecule has 3 rings (SSSR count). The zero-order valence-corrected chi connectivity index (χ0v) is 12.9. The van der Waals surface area contributed by atoms with E-state index in [0.717, 1.165) is 10.9 Å². The van der Waals surface area contributed by atoms with Crippen molar-refractivity contribution >= 4 is 40.1 Å². The lowest BCUT2D eigenvalue weighted by atomic mass is 10.2. The number of fused-ring (bicyclic) bond motifs is 1. The van der Waals surface area contributed by atoms with Gasteiger partial charge >= 0.3 is 5.97 Å². The molecule has 0 saturated heterocycles. The summed E-state index contributed by atoms with van der Waals surface area (Å²) >= 11 is 5.98. The zero-order valence-electron chi connectivity index (χ0n) is 12.2. The number of rotatable bonds is 4. The minimum Gasteiger partial charge on any atom is -0.476 e. The highest BCUT2D eigenvalue weighted by Crippen LogP contribution is 2.21. The van der Waals surface area contributed by atoms with Gasteiger partial charge in [-0.1, -0.05) is 17.7 Å². The molecule has 1 amide bonds. The molecule has 0 aliphatic rings. The molecular weight excluding hydrogens is 320 g/mol. The number of benzene rings is 1. The van der Waals surface area contributed by atoms with Crippen molar-refractivity contribution in [3.8, 4) is 0 Å². The van der Waals surface area contributed by atoms with Crippen LogP contribution in [0.5, 0.6) is 0 Å². The van der Waals surface area contributed by atoms with Crippen LogP contribution in [0, 0.1) is 0 Å². The average Bonchev–Trinajstić information content (AvgIpc) is 3.03. The third-order valence-corrected chi connectivity index (χ3v) is 3.59. The van der Waals surface area contributed by atoms with Crippen LogP contribution in [-0.4, -0.2) is 31.3 Å². The molecule has 0 fully saturated rings. The van der Waals surface area contributed by atoms with Crippen molar-refractivity contribution in [1.82, 2.24) is 14.3 Å². The number of aromatic nitrogens is 3. The van der Waals surface area contributed by atoms with E-state index in [4.69, 9.17) is 16.7 Å². The van der Waals surface area contributed by atoms with Crippen LogP contribution in [0.25, 0.3) is 10.9 Å². The fourth-order valence-electron chi connectivity index (χ4n) is 2.38. The number of hydrogen-bond donors (Lipinski definition) is 2. The number of anilines is 1. The number of carbonyl (C=O) groups excluding carboxylic acids is 1. The monoisotopic (exact) mass is 332 g/mol. The van der Waals surface area contributed by atoms with Crippen molar-refractivity contribution in [1.29, 1.82) is 0 Å². The Labute approximate surface area is 136 Å². The Morgan fingerprint density at radius 2 is 2.13 bits per heavy atom. The molecular formula is C15H13ClN4O3. The van der Waals surface area contributed by atoms with Crippen LogP contribution >= 0.6 is 11.6 Å². The van der Waals surface area contributed by atoms with Crippen molar-refractivity contribution in [2.45, 2.75) is 6.54 Å². The number of aryl methyl sites for hydroxylation is 1. The molecule has 118 valence electrons. The molecule has 2 N–H and O–H groups in total. The third kappa shape index (κ3) is 3.04. The van der Waals surface area contributed by atoms with Crippen LogP contribution in [-0.2, 0) is 18.4 Å². The lowest BCUT2D eigenvalue weighted by Crippen LogP contribution is -2.19. The van der Waals surface area contributed by atoms with Gasteiger partial charge in [0.05, 0.1) is 5.69 Å². The Bertz CT molecular complexity index is 913. The van der Waals surface area contributed by atoms with Gasteiger partial charge in [-0.2, -0.15) is 5.10 Å². The minimum atomic E-state index is -1.20. The Morgan fingerprint density at radius 3 is 2.87 bits per heavy atom. The van der Waals surface area contributed by atoms with E-state index >= 15 is 0 Å². The van der Waals surface area contributed by atoms with Crippen LogP contribution in [0.15, 0.2) is 36.7 Å². The van der Waals surface area contributed by atoms with E-state index in [1.54, 1.807) is 29.9 Å². The Kier molecular flexibility index (Phi) is 3.79. The summed E-state index contributed by atoms with van der Waals surface area (Å²) in [7, 11) is 1.59. The molecule has 0 saturated carbocycles. The van der Waals surface area contributed by atoms with E-state index in [-0.39, 0.29) is 23.8 Å². The molecule has 0 unspecified atom stereocenters. The van der Waals surface area contributed by atoms with Crippen molar-refractivity contribution in [3.05, 3.63) is 47.4 Å². The first-order chi connectivity index (χ1) is 10.9. The normalized spacial score (nSPS) is 10.9. The van der Waals surface area contributed by atoms with Crippen LogP contribution in [0.2, 0.25) is 5.02 Å². The molecule has 0 radical (unpaired) electrons. The van der Waals surface area contributed by atoms with Gasteiger partial charge in [-0.15, -0.1) is 0 Å². The third-order valence-electron chi connectivity index (χ3n) is 3.36. The maximum Gasteiger partial charge on any atom is 0.358 e. The highest BCUT2D eigenvalue weighted by Gasteiger charge is 2.17. The summed E-state index contributed by atoms with van der Waals surface area (Å²) < 4.78 is 3.08. The van der Waals surface area contributed by atoms with Gasteiger partial charge in [-0.05, 0) is 23.6 Å². The average molecular weight is 333 g/mol.